The van der Waals surface area contributed by atoms with Crippen molar-refractivity contribution in [3.63, 3.8) is 0 Å². The molecule has 2 aromatic carbocycles. The lowest BCUT2D eigenvalue weighted by Gasteiger charge is -2.39. The molecule has 0 unspecified atom stereocenters. The smallest absolute Gasteiger partial charge is 0.407 e. The molecule has 0 spiro atoms. The maximum Gasteiger partial charge on any atom is 0.407 e. The van der Waals surface area contributed by atoms with Crippen molar-refractivity contribution in [1.82, 2.24) is 15.5 Å². The molecule has 8 heteroatoms. The van der Waals surface area contributed by atoms with Gasteiger partial charge in [-0.15, -0.1) is 0 Å². The van der Waals surface area contributed by atoms with Gasteiger partial charge in [0.1, 0.15) is 24.5 Å². The van der Waals surface area contributed by atoms with E-state index in [0.717, 1.165) is 11.1 Å². The normalized spacial score (nSPS) is 11.5. The largest absolute Gasteiger partial charge is 0.445 e. The molecule has 34 heavy (non-hydrogen) atoms. The molecule has 0 radical (unpaired) electrons. The highest BCUT2D eigenvalue weighted by molar-refractivity contribution is 5.92. The molecule has 0 saturated heterocycles. The molecular weight excluding hydrogens is 437 g/mol. The minimum Gasteiger partial charge on any atom is -0.445 e. The first-order chi connectivity index (χ1) is 15.9. The van der Waals surface area contributed by atoms with Crippen molar-refractivity contribution >= 4 is 17.9 Å². The lowest BCUT2D eigenvalue weighted by Crippen LogP contribution is -2.61. The van der Waals surface area contributed by atoms with Crippen LogP contribution in [0.1, 0.15) is 45.7 Å². The van der Waals surface area contributed by atoms with Crippen LogP contribution in [0.3, 0.4) is 0 Å². The zero-order chi connectivity index (χ0) is 25.4. The lowest BCUT2D eigenvalue weighted by atomic mass is 9.97. The van der Waals surface area contributed by atoms with E-state index in [1.807, 2.05) is 51.1 Å². The fourth-order valence-electron chi connectivity index (χ4n) is 3.24. The second-order valence-corrected chi connectivity index (χ2v) is 9.60. The standard InChI is InChI=1S/C26H34FN3O4/c1-25(2,3)29-23(32)26(4,5)30(16-15-19-11-13-21(27)14-12-19)22(31)17-28-24(33)34-18-20-9-7-6-8-10-20/h6-14H,15-18H2,1-5H3,(H,28,33)(H,29,32). The highest BCUT2D eigenvalue weighted by atomic mass is 19.1. The number of hydrogen-bond acceptors (Lipinski definition) is 4. The summed E-state index contributed by atoms with van der Waals surface area (Å²) < 4.78 is 18.4. The van der Waals surface area contributed by atoms with Gasteiger partial charge in [-0.1, -0.05) is 42.5 Å². The third-order valence-electron chi connectivity index (χ3n) is 5.15. The molecule has 0 saturated carbocycles. The number of hydrogen-bond donors (Lipinski definition) is 2. The van der Waals surface area contributed by atoms with Gasteiger partial charge in [-0.05, 0) is 64.3 Å². The molecule has 0 bridgehead atoms. The summed E-state index contributed by atoms with van der Waals surface area (Å²) >= 11 is 0. The summed E-state index contributed by atoms with van der Waals surface area (Å²) in [7, 11) is 0. The first-order valence-electron chi connectivity index (χ1n) is 11.2. The zero-order valence-electron chi connectivity index (χ0n) is 20.5. The summed E-state index contributed by atoms with van der Waals surface area (Å²) in [6, 6.07) is 15.2. The van der Waals surface area contributed by atoms with Crippen molar-refractivity contribution in [2.45, 2.75) is 58.7 Å². The Hall–Kier alpha value is -3.42. The van der Waals surface area contributed by atoms with Crippen LogP contribution in [0.25, 0.3) is 0 Å². The first-order valence-corrected chi connectivity index (χ1v) is 11.2. The van der Waals surface area contributed by atoms with E-state index in [1.165, 1.54) is 17.0 Å². The monoisotopic (exact) mass is 471 g/mol. The molecule has 2 N–H and O–H groups in total. The highest BCUT2D eigenvalue weighted by Crippen LogP contribution is 2.18. The predicted octanol–water partition coefficient (Wildman–Crippen LogP) is 3.82. The number of carbonyl (C=O) groups excluding carboxylic acids is 3. The summed E-state index contributed by atoms with van der Waals surface area (Å²) in [5.41, 5.74) is -0.0362. The molecule has 7 nitrogen and oxygen atoms in total. The molecule has 0 aliphatic carbocycles. The highest BCUT2D eigenvalue weighted by Gasteiger charge is 2.38. The Balaban J connectivity index is 2.06. The number of nitrogens with one attached hydrogen (secondary N) is 2. The average molecular weight is 472 g/mol. The fraction of sp³-hybridized carbons (Fsp3) is 0.423. The summed E-state index contributed by atoms with van der Waals surface area (Å²) in [5, 5.41) is 5.37. The van der Waals surface area contributed by atoms with Gasteiger partial charge >= 0.3 is 6.09 Å². The lowest BCUT2D eigenvalue weighted by molar-refractivity contribution is -0.146. The van der Waals surface area contributed by atoms with Crippen molar-refractivity contribution in [2.24, 2.45) is 0 Å². The van der Waals surface area contributed by atoms with Crippen LogP contribution in [0.2, 0.25) is 0 Å². The van der Waals surface area contributed by atoms with Gasteiger partial charge in [-0.25, -0.2) is 9.18 Å². The molecule has 0 fully saturated rings. The van der Waals surface area contributed by atoms with Crippen LogP contribution < -0.4 is 10.6 Å². The maximum atomic E-state index is 13.2. The summed E-state index contributed by atoms with van der Waals surface area (Å²) in [4.78, 5) is 39.7. The Kier molecular flexibility index (Phi) is 9.18. The van der Waals surface area contributed by atoms with Crippen LogP contribution in [-0.2, 0) is 27.4 Å². The third-order valence-corrected chi connectivity index (χ3v) is 5.15. The number of benzene rings is 2. The zero-order valence-corrected chi connectivity index (χ0v) is 20.5. The molecule has 0 aromatic heterocycles. The van der Waals surface area contributed by atoms with E-state index < -0.39 is 23.1 Å². The molecule has 2 rings (SSSR count). The number of carbonyl (C=O) groups is 3. The van der Waals surface area contributed by atoms with Crippen LogP contribution >= 0.6 is 0 Å². The van der Waals surface area contributed by atoms with Gasteiger partial charge in [-0.3, -0.25) is 9.59 Å². The molecule has 0 heterocycles. The molecule has 3 amide bonds. The van der Waals surface area contributed by atoms with Crippen LogP contribution in [0.15, 0.2) is 54.6 Å². The third kappa shape index (κ3) is 8.50. The SMILES string of the molecule is CC(C)(C)NC(=O)C(C)(C)N(CCc1ccc(F)cc1)C(=O)CNC(=O)OCc1ccccc1. The molecule has 2 aromatic rings. The second-order valence-electron chi connectivity index (χ2n) is 9.60. The van der Waals surface area contributed by atoms with Crippen molar-refractivity contribution in [2.75, 3.05) is 13.1 Å². The minimum atomic E-state index is -1.19. The van der Waals surface area contributed by atoms with E-state index in [2.05, 4.69) is 10.6 Å². The molecule has 0 aliphatic rings. The van der Waals surface area contributed by atoms with Crippen molar-refractivity contribution in [3.8, 4) is 0 Å². The van der Waals surface area contributed by atoms with E-state index in [-0.39, 0.29) is 31.4 Å². The average Bonchev–Trinajstić information content (AvgIpc) is 2.77. The van der Waals surface area contributed by atoms with Crippen LogP contribution in [0.5, 0.6) is 0 Å². The number of rotatable bonds is 9. The van der Waals surface area contributed by atoms with Gasteiger partial charge in [0.2, 0.25) is 11.8 Å². The van der Waals surface area contributed by atoms with Crippen LogP contribution in [-0.4, -0.2) is 47.0 Å². The topological polar surface area (TPSA) is 87.7 Å². The van der Waals surface area contributed by atoms with Gasteiger partial charge in [0.15, 0.2) is 0 Å². The Morgan fingerprint density at radius 3 is 2.12 bits per heavy atom. The number of ether oxygens (including phenoxy) is 1. The molecule has 184 valence electrons. The van der Waals surface area contributed by atoms with Gasteiger partial charge in [-0.2, -0.15) is 0 Å². The molecular formula is C26H34FN3O4. The fourth-order valence-corrected chi connectivity index (χ4v) is 3.24. The number of alkyl carbamates (subject to hydrolysis) is 1. The van der Waals surface area contributed by atoms with Crippen LogP contribution in [0, 0.1) is 5.82 Å². The number of nitrogens with zero attached hydrogens (tertiary/aromatic N) is 1. The van der Waals surface area contributed by atoms with Crippen molar-refractivity contribution in [1.29, 1.82) is 0 Å². The minimum absolute atomic E-state index is 0.0780. The van der Waals surface area contributed by atoms with Gasteiger partial charge in [0.25, 0.3) is 0 Å². The van der Waals surface area contributed by atoms with Gasteiger partial charge in [0, 0.05) is 12.1 Å². The first kappa shape index (κ1) is 26.8. The van der Waals surface area contributed by atoms with E-state index in [1.54, 1.807) is 26.0 Å². The van der Waals surface area contributed by atoms with Crippen molar-refractivity contribution < 1.29 is 23.5 Å². The van der Waals surface area contributed by atoms with E-state index in [0.29, 0.717) is 6.42 Å². The van der Waals surface area contributed by atoms with E-state index in [4.69, 9.17) is 4.74 Å². The number of halogens is 1. The molecule has 0 aliphatic heterocycles. The quantitative estimate of drug-likeness (QED) is 0.582. The van der Waals surface area contributed by atoms with E-state index in [9.17, 15) is 18.8 Å². The second kappa shape index (κ2) is 11.6. The Morgan fingerprint density at radius 2 is 1.53 bits per heavy atom. The Morgan fingerprint density at radius 1 is 0.912 bits per heavy atom. The number of amides is 3. The van der Waals surface area contributed by atoms with Crippen LogP contribution in [0.4, 0.5) is 9.18 Å². The predicted molar refractivity (Wildman–Crippen MR) is 128 cm³/mol. The van der Waals surface area contributed by atoms with Crippen molar-refractivity contribution in [3.05, 3.63) is 71.5 Å². The molecule has 0 atom stereocenters. The Bertz CT molecular complexity index is 970. The Labute approximate surface area is 200 Å². The van der Waals surface area contributed by atoms with Gasteiger partial charge in [0.05, 0.1) is 0 Å². The maximum absolute atomic E-state index is 13.2. The van der Waals surface area contributed by atoms with E-state index >= 15 is 0 Å². The summed E-state index contributed by atoms with van der Waals surface area (Å²) in [6.45, 7) is 8.84. The summed E-state index contributed by atoms with van der Waals surface area (Å²) in [6.07, 6.45) is -0.316. The summed E-state index contributed by atoms with van der Waals surface area (Å²) in [5.74, 6) is -1.10. The van der Waals surface area contributed by atoms with Gasteiger partial charge < -0.3 is 20.3 Å².